The molecule has 0 bridgehead atoms. The Kier molecular flexibility index (Phi) is 8.33. The van der Waals surface area contributed by atoms with Gasteiger partial charge in [0.1, 0.15) is 5.75 Å². The van der Waals surface area contributed by atoms with Crippen LogP contribution in [0.2, 0.25) is 10.0 Å². The van der Waals surface area contributed by atoms with Gasteiger partial charge in [0.2, 0.25) is 5.91 Å². The van der Waals surface area contributed by atoms with Crippen LogP contribution in [0, 0.1) is 6.92 Å². The van der Waals surface area contributed by atoms with E-state index < -0.39 is 6.10 Å². The Balaban J connectivity index is 1.36. The number of hydrogen-bond donors (Lipinski definition) is 1. The fraction of sp³-hybridized carbons (Fsp3) is 0.250. The number of carbonyl (C=O) groups excluding carboxylic acids is 1. The van der Waals surface area contributed by atoms with Crippen molar-refractivity contribution >= 4 is 57.3 Å². The average molecular weight is 549 g/mol. The van der Waals surface area contributed by atoms with Crippen molar-refractivity contribution in [2.45, 2.75) is 38.6 Å². The minimum absolute atomic E-state index is 0.163. The highest BCUT2D eigenvalue weighted by Gasteiger charge is 2.20. The van der Waals surface area contributed by atoms with E-state index in [0.29, 0.717) is 38.5 Å². The molecular formula is C24H23Cl2N5O2S2. The van der Waals surface area contributed by atoms with Gasteiger partial charge in [-0.15, -0.1) is 21.5 Å². The summed E-state index contributed by atoms with van der Waals surface area (Å²) in [6.07, 6.45) is -0.403. The number of nitrogens with one attached hydrogen (secondary N) is 1. The van der Waals surface area contributed by atoms with E-state index in [2.05, 4.69) is 20.5 Å². The molecule has 11 heteroatoms. The predicted octanol–water partition coefficient (Wildman–Crippen LogP) is 6.91. The zero-order chi connectivity index (χ0) is 24.9. The molecule has 0 radical (unpaired) electrons. The van der Waals surface area contributed by atoms with E-state index in [1.54, 1.807) is 18.2 Å². The van der Waals surface area contributed by atoms with Crippen LogP contribution in [0.15, 0.2) is 53.0 Å². The van der Waals surface area contributed by atoms with Gasteiger partial charge < -0.3 is 14.6 Å². The molecule has 1 unspecified atom stereocenters. The average Bonchev–Trinajstić information content (AvgIpc) is 3.47. The Labute approximate surface area is 221 Å². The molecule has 2 aromatic carbocycles. The van der Waals surface area contributed by atoms with Crippen molar-refractivity contribution in [1.82, 2.24) is 19.7 Å². The van der Waals surface area contributed by atoms with Crippen molar-refractivity contribution in [2.24, 2.45) is 0 Å². The van der Waals surface area contributed by atoms with Crippen LogP contribution >= 0.6 is 46.3 Å². The number of thiazole rings is 1. The molecule has 0 saturated heterocycles. The monoisotopic (exact) mass is 547 g/mol. The molecular weight excluding hydrogens is 525 g/mol. The Morgan fingerprint density at radius 3 is 2.69 bits per heavy atom. The van der Waals surface area contributed by atoms with Gasteiger partial charge in [-0.05, 0) is 39.0 Å². The lowest BCUT2D eigenvalue weighted by Gasteiger charge is -2.16. The van der Waals surface area contributed by atoms with Gasteiger partial charge >= 0.3 is 0 Å². The summed E-state index contributed by atoms with van der Waals surface area (Å²) in [5, 5.41) is 15.5. The summed E-state index contributed by atoms with van der Waals surface area (Å²) in [6.45, 7) is 6.53. The molecule has 1 amide bonds. The molecule has 0 aliphatic rings. The standard InChI is InChI=1S/C24H23Cl2N5O2S2/c1-4-31-22(15(3)33-20-10-9-17(25)11-18(20)26)29-30-24(31)35-13-21(32)28-23-27-19(12-34-23)16-7-5-14(2)6-8-16/h5-12,15H,4,13H2,1-3H3,(H,27,28,32). The van der Waals surface area contributed by atoms with Crippen LogP contribution in [-0.2, 0) is 11.3 Å². The fourth-order valence-electron chi connectivity index (χ4n) is 3.29. The second-order valence-corrected chi connectivity index (χ2v) is 10.3. The topological polar surface area (TPSA) is 81.9 Å². The first kappa shape index (κ1) is 25.5. The van der Waals surface area contributed by atoms with Crippen molar-refractivity contribution in [1.29, 1.82) is 0 Å². The number of ether oxygens (including phenoxy) is 1. The van der Waals surface area contributed by atoms with Crippen LogP contribution in [0.4, 0.5) is 5.13 Å². The van der Waals surface area contributed by atoms with Gasteiger partial charge in [0.25, 0.3) is 0 Å². The molecule has 0 fully saturated rings. The number of aromatic nitrogens is 4. The summed E-state index contributed by atoms with van der Waals surface area (Å²) >= 11 is 14.9. The summed E-state index contributed by atoms with van der Waals surface area (Å²) in [5.41, 5.74) is 3.04. The van der Waals surface area contributed by atoms with Crippen LogP contribution < -0.4 is 10.1 Å². The maximum atomic E-state index is 12.5. The number of anilines is 1. The zero-order valence-electron chi connectivity index (χ0n) is 19.3. The maximum Gasteiger partial charge on any atom is 0.236 e. The third-order valence-electron chi connectivity index (χ3n) is 5.05. The first-order valence-corrected chi connectivity index (χ1v) is 13.5. The molecule has 0 saturated carbocycles. The Morgan fingerprint density at radius 2 is 1.97 bits per heavy atom. The highest BCUT2D eigenvalue weighted by molar-refractivity contribution is 7.99. The van der Waals surface area contributed by atoms with Crippen LogP contribution in [0.5, 0.6) is 5.75 Å². The summed E-state index contributed by atoms with van der Waals surface area (Å²) in [7, 11) is 0. The predicted molar refractivity (Wildman–Crippen MR) is 143 cm³/mol. The number of aryl methyl sites for hydroxylation is 1. The van der Waals surface area contributed by atoms with E-state index in [0.717, 1.165) is 11.3 Å². The first-order chi connectivity index (χ1) is 16.8. The number of halogens is 2. The fourth-order valence-corrected chi connectivity index (χ4v) is 5.29. The third kappa shape index (κ3) is 6.35. The van der Waals surface area contributed by atoms with Gasteiger partial charge in [0.05, 0.1) is 16.5 Å². The van der Waals surface area contributed by atoms with Crippen LogP contribution in [-0.4, -0.2) is 31.4 Å². The number of carbonyl (C=O) groups is 1. The van der Waals surface area contributed by atoms with Crippen molar-refractivity contribution in [3.8, 4) is 17.0 Å². The van der Waals surface area contributed by atoms with Gasteiger partial charge in [-0.3, -0.25) is 4.79 Å². The lowest BCUT2D eigenvalue weighted by atomic mass is 10.1. The van der Waals surface area contributed by atoms with Crippen LogP contribution in [0.3, 0.4) is 0 Å². The van der Waals surface area contributed by atoms with Crippen molar-refractivity contribution in [3.05, 3.63) is 69.3 Å². The molecule has 0 spiro atoms. The number of rotatable bonds is 9. The van der Waals surface area contributed by atoms with Gasteiger partial charge in [-0.25, -0.2) is 4.98 Å². The smallest absolute Gasteiger partial charge is 0.236 e. The van der Waals surface area contributed by atoms with Crippen LogP contribution in [0.1, 0.15) is 31.3 Å². The summed E-state index contributed by atoms with van der Waals surface area (Å²) in [5.74, 6) is 1.17. The second-order valence-electron chi connectivity index (χ2n) is 7.66. The van der Waals surface area contributed by atoms with Gasteiger partial charge in [-0.1, -0.05) is 64.8 Å². The van der Waals surface area contributed by atoms with E-state index in [1.807, 2.05) is 55.0 Å². The number of benzene rings is 2. The van der Waals surface area contributed by atoms with Gasteiger partial charge in [0.15, 0.2) is 22.2 Å². The number of thioether (sulfide) groups is 1. The zero-order valence-corrected chi connectivity index (χ0v) is 22.4. The highest BCUT2D eigenvalue weighted by atomic mass is 35.5. The maximum absolute atomic E-state index is 12.5. The molecule has 4 aromatic rings. The molecule has 182 valence electrons. The molecule has 7 nitrogen and oxygen atoms in total. The Morgan fingerprint density at radius 1 is 1.20 bits per heavy atom. The lowest BCUT2D eigenvalue weighted by Crippen LogP contribution is -2.15. The van der Waals surface area contributed by atoms with E-state index in [9.17, 15) is 4.79 Å². The molecule has 0 aliphatic heterocycles. The first-order valence-electron chi connectivity index (χ1n) is 10.8. The minimum Gasteiger partial charge on any atom is -0.481 e. The quantitative estimate of drug-likeness (QED) is 0.229. The van der Waals surface area contributed by atoms with Gasteiger partial charge in [-0.2, -0.15) is 0 Å². The summed E-state index contributed by atoms with van der Waals surface area (Å²) < 4.78 is 7.90. The third-order valence-corrected chi connectivity index (χ3v) is 7.31. The Bertz CT molecular complexity index is 1320. The number of amides is 1. The minimum atomic E-state index is -0.403. The SMILES string of the molecule is CCn1c(SCC(=O)Nc2nc(-c3ccc(C)cc3)cs2)nnc1C(C)Oc1ccc(Cl)cc1Cl. The summed E-state index contributed by atoms with van der Waals surface area (Å²) in [4.78, 5) is 17.1. The van der Waals surface area contributed by atoms with Crippen LogP contribution in [0.25, 0.3) is 11.3 Å². The van der Waals surface area contributed by atoms with E-state index >= 15 is 0 Å². The largest absolute Gasteiger partial charge is 0.481 e. The van der Waals surface area contributed by atoms with Crippen molar-refractivity contribution in [3.63, 3.8) is 0 Å². The normalized spacial score (nSPS) is 11.9. The van der Waals surface area contributed by atoms with Crippen molar-refractivity contribution in [2.75, 3.05) is 11.1 Å². The van der Waals surface area contributed by atoms with E-state index in [4.69, 9.17) is 27.9 Å². The molecule has 4 rings (SSSR count). The second kappa shape index (κ2) is 11.4. The molecule has 1 atom stereocenters. The molecule has 2 aromatic heterocycles. The highest BCUT2D eigenvalue weighted by Crippen LogP contribution is 2.32. The molecule has 2 heterocycles. The van der Waals surface area contributed by atoms with Crippen molar-refractivity contribution < 1.29 is 9.53 Å². The van der Waals surface area contributed by atoms with E-state index in [-0.39, 0.29) is 11.7 Å². The Hall–Kier alpha value is -2.59. The molecule has 0 aliphatic carbocycles. The summed E-state index contributed by atoms with van der Waals surface area (Å²) in [6, 6.07) is 13.2. The number of nitrogens with zero attached hydrogens (tertiary/aromatic N) is 4. The van der Waals surface area contributed by atoms with E-state index in [1.165, 1.54) is 28.7 Å². The molecule has 1 N–H and O–H groups in total. The number of hydrogen-bond acceptors (Lipinski definition) is 7. The van der Waals surface area contributed by atoms with Gasteiger partial charge in [0, 0.05) is 22.5 Å². The lowest BCUT2D eigenvalue weighted by molar-refractivity contribution is -0.113. The molecule has 35 heavy (non-hydrogen) atoms.